The first-order valence-corrected chi connectivity index (χ1v) is 12.6. The zero-order chi connectivity index (χ0) is 27.0. The smallest absolute Gasteiger partial charge is 0.204 e. The van der Waals surface area contributed by atoms with Crippen molar-refractivity contribution in [2.45, 2.75) is 53.4 Å². The Morgan fingerprint density at radius 3 is 2.35 bits per heavy atom. The van der Waals surface area contributed by atoms with E-state index in [0.717, 1.165) is 18.4 Å². The van der Waals surface area contributed by atoms with Gasteiger partial charge in [0.2, 0.25) is 11.2 Å². The summed E-state index contributed by atoms with van der Waals surface area (Å²) in [5, 5.41) is 10.1. The van der Waals surface area contributed by atoms with E-state index in [0.29, 0.717) is 22.1 Å². The molecule has 1 aliphatic rings. The molecule has 5 heteroatoms. The van der Waals surface area contributed by atoms with Crippen LogP contribution in [0.4, 0.5) is 0 Å². The number of aromatic hydroxyl groups is 1. The van der Waals surface area contributed by atoms with Crippen LogP contribution in [0.1, 0.15) is 53.4 Å². The molecular weight excluding hydrogens is 464 g/mol. The number of hydrogen-bond donors (Lipinski definition) is 1. The summed E-state index contributed by atoms with van der Waals surface area (Å²) < 4.78 is 15.7. The van der Waals surface area contributed by atoms with Crippen molar-refractivity contribution in [3.63, 3.8) is 0 Å². The molecule has 0 amide bonds. The molecule has 1 N–H and O–H groups in total. The van der Waals surface area contributed by atoms with E-state index in [1.54, 1.807) is 31.4 Å². The molecule has 37 heavy (non-hydrogen) atoms. The number of rotatable bonds is 3. The zero-order valence-corrected chi connectivity index (χ0v) is 22.8. The van der Waals surface area contributed by atoms with Gasteiger partial charge in [-0.25, -0.2) is 0 Å². The van der Waals surface area contributed by atoms with E-state index in [1.807, 2.05) is 0 Å². The molecule has 0 saturated heterocycles. The van der Waals surface area contributed by atoms with E-state index < -0.39 is 0 Å². The number of fused-ring (bicyclic) bond motifs is 1. The summed E-state index contributed by atoms with van der Waals surface area (Å²) in [6.45, 7) is 9.10. The average Bonchev–Trinajstić information content (AvgIpc) is 2.90. The minimum absolute atomic E-state index is 0.0738. The van der Waals surface area contributed by atoms with E-state index >= 15 is 0 Å². The Morgan fingerprint density at radius 1 is 0.946 bits per heavy atom. The van der Waals surface area contributed by atoms with Gasteiger partial charge in [-0.15, -0.1) is 0 Å². The molecule has 0 radical (unpaired) electrons. The fourth-order valence-corrected chi connectivity index (χ4v) is 4.13. The predicted molar refractivity (Wildman–Crippen MR) is 152 cm³/mol. The van der Waals surface area contributed by atoms with Crippen molar-refractivity contribution in [3.05, 3.63) is 88.3 Å². The van der Waals surface area contributed by atoms with Gasteiger partial charge in [-0.1, -0.05) is 61.4 Å². The lowest BCUT2D eigenvalue weighted by molar-refractivity contribution is 0.370. The second kappa shape index (κ2) is 12.5. The van der Waals surface area contributed by atoms with Gasteiger partial charge in [0.25, 0.3) is 0 Å². The van der Waals surface area contributed by atoms with Crippen LogP contribution in [0.3, 0.4) is 0 Å². The minimum Gasteiger partial charge on any atom is -0.504 e. The molecule has 0 fully saturated rings. The second-order valence-electron chi connectivity index (χ2n) is 10.1. The van der Waals surface area contributed by atoms with E-state index in [-0.39, 0.29) is 22.5 Å². The Balaban J connectivity index is 0.000000222. The van der Waals surface area contributed by atoms with Crippen LogP contribution in [0, 0.1) is 5.41 Å². The molecule has 1 aliphatic carbocycles. The van der Waals surface area contributed by atoms with E-state index in [1.165, 1.54) is 49.5 Å². The van der Waals surface area contributed by atoms with Gasteiger partial charge < -0.3 is 19.0 Å². The summed E-state index contributed by atoms with van der Waals surface area (Å²) in [6, 6.07) is 10.1. The van der Waals surface area contributed by atoms with Crippen LogP contribution in [0.2, 0.25) is 0 Å². The standard InChI is InChI=1S/C17H14O5.C15H24/c1-20-11-5-3-10(4-6-11)13-9-22-16-12(15(13)19)7-8-14(18)17(16)21-2;1-13-7-5-8-14(2)10-12-15(3,4)11-6-9-13/h3-9,18H,1-2H3;6-7,10-11H,5,8-9,12H2,1-4H3. The number of phenolic OH excluding ortho intramolecular Hbond substituents is 1. The largest absolute Gasteiger partial charge is 0.504 e. The van der Waals surface area contributed by atoms with Gasteiger partial charge in [0.1, 0.15) is 12.0 Å². The monoisotopic (exact) mass is 502 g/mol. The van der Waals surface area contributed by atoms with Crippen LogP contribution in [-0.4, -0.2) is 19.3 Å². The van der Waals surface area contributed by atoms with Gasteiger partial charge >= 0.3 is 0 Å². The third-order valence-electron chi connectivity index (χ3n) is 6.50. The van der Waals surface area contributed by atoms with Crippen LogP contribution in [0.15, 0.2) is 87.3 Å². The maximum Gasteiger partial charge on any atom is 0.204 e. The molecule has 0 bridgehead atoms. The molecule has 0 spiro atoms. The first-order valence-electron chi connectivity index (χ1n) is 12.6. The quantitative estimate of drug-likeness (QED) is 0.365. The first kappa shape index (κ1) is 27.9. The highest BCUT2D eigenvalue weighted by molar-refractivity contribution is 5.88. The predicted octanol–water partition coefficient (Wildman–Crippen LogP) is 8.22. The molecule has 0 aliphatic heterocycles. The lowest BCUT2D eigenvalue weighted by Crippen LogP contribution is -2.05. The molecule has 5 nitrogen and oxygen atoms in total. The summed E-state index contributed by atoms with van der Waals surface area (Å²) in [5.74, 6) is 0.784. The number of allylic oxidation sites excluding steroid dienone is 6. The van der Waals surface area contributed by atoms with E-state index in [4.69, 9.17) is 13.9 Å². The van der Waals surface area contributed by atoms with Crippen LogP contribution in [0.5, 0.6) is 17.2 Å². The van der Waals surface area contributed by atoms with Gasteiger partial charge in [0.05, 0.1) is 25.2 Å². The molecule has 0 saturated carbocycles. The maximum absolute atomic E-state index is 12.6. The molecule has 1 heterocycles. The van der Waals surface area contributed by atoms with Crippen molar-refractivity contribution in [2.24, 2.45) is 5.41 Å². The zero-order valence-electron chi connectivity index (χ0n) is 22.8. The molecule has 0 unspecified atom stereocenters. The Kier molecular flexibility index (Phi) is 9.40. The van der Waals surface area contributed by atoms with Crippen molar-refractivity contribution < 1.29 is 19.0 Å². The second-order valence-corrected chi connectivity index (χ2v) is 10.1. The molecule has 1 aromatic heterocycles. The van der Waals surface area contributed by atoms with Gasteiger partial charge in [-0.05, 0) is 74.8 Å². The van der Waals surface area contributed by atoms with E-state index in [9.17, 15) is 9.90 Å². The fourth-order valence-electron chi connectivity index (χ4n) is 4.13. The molecule has 2 aromatic carbocycles. The van der Waals surface area contributed by atoms with Crippen LogP contribution in [0.25, 0.3) is 22.1 Å². The third-order valence-corrected chi connectivity index (χ3v) is 6.50. The SMILES string of the molecule is CC1=CCCC(C)=CCC(C)(C)C=CC1.COc1ccc(-c2coc3c(OC)c(O)ccc3c2=O)cc1. The highest BCUT2D eigenvalue weighted by Crippen LogP contribution is 2.34. The van der Waals surface area contributed by atoms with Gasteiger partial charge in [-0.3, -0.25) is 4.79 Å². The van der Waals surface area contributed by atoms with Gasteiger partial charge in [0, 0.05) is 0 Å². The molecule has 3 aromatic rings. The lowest BCUT2D eigenvalue weighted by Gasteiger charge is -2.18. The average molecular weight is 503 g/mol. The molecule has 196 valence electrons. The van der Waals surface area contributed by atoms with Crippen molar-refractivity contribution in [1.82, 2.24) is 0 Å². The van der Waals surface area contributed by atoms with Gasteiger partial charge in [-0.2, -0.15) is 0 Å². The summed E-state index contributed by atoms with van der Waals surface area (Å²) in [5.41, 5.74) is 4.53. The summed E-state index contributed by atoms with van der Waals surface area (Å²) in [6.07, 6.45) is 15.5. The molecule has 0 atom stereocenters. The normalized spacial score (nSPS) is 15.5. The maximum atomic E-state index is 12.6. The van der Waals surface area contributed by atoms with Crippen molar-refractivity contribution in [3.8, 4) is 28.4 Å². The minimum atomic E-state index is -0.190. The highest BCUT2D eigenvalue weighted by Gasteiger charge is 2.15. The van der Waals surface area contributed by atoms with Crippen LogP contribution in [-0.2, 0) is 0 Å². The van der Waals surface area contributed by atoms with Crippen LogP contribution >= 0.6 is 0 Å². The Labute approximate surface area is 219 Å². The summed E-state index contributed by atoms with van der Waals surface area (Å²) >= 11 is 0. The highest BCUT2D eigenvalue weighted by atomic mass is 16.5. The summed E-state index contributed by atoms with van der Waals surface area (Å²) in [7, 11) is 2.99. The third kappa shape index (κ3) is 7.39. The number of phenols is 1. The number of benzene rings is 2. The summed E-state index contributed by atoms with van der Waals surface area (Å²) in [4.78, 5) is 12.6. The Bertz CT molecular complexity index is 1350. The van der Waals surface area contributed by atoms with E-state index in [2.05, 4.69) is 52.0 Å². The number of methoxy groups -OCH3 is 2. The van der Waals surface area contributed by atoms with Crippen molar-refractivity contribution in [1.29, 1.82) is 0 Å². The van der Waals surface area contributed by atoms with Crippen molar-refractivity contribution >= 4 is 11.0 Å². The number of ether oxygens (including phenoxy) is 2. The molecule has 4 rings (SSSR count). The van der Waals surface area contributed by atoms with Crippen LogP contribution < -0.4 is 14.9 Å². The fraction of sp³-hybridized carbons (Fsp3) is 0.344. The van der Waals surface area contributed by atoms with Crippen molar-refractivity contribution in [2.75, 3.05) is 14.2 Å². The number of hydrogen-bond acceptors (Lipinski definition) is 5. The topological polar surface area (TPSA) is 68.9 Å². The molecular formula is C32H38O5. The van der Waals surface area contributed by atoms with Gasteiger partial charge in [0.15, 0.2) is 11.3 Å². The Morgan fingerprint density at radius 2 is 1.68 bits per heavy atom. The lowest BCUT2D eigenvalue weighted by atomic mass is 9.87. The first-order chi connectivity index (χ1) is 17.6. The Hall–Kier alpha value is -3.73.